The molecule has 0 saturated carbocycles. The number of nitrogens with one attached hydrogen (secondary N) is 2. The van der Waals surface area contributed by atoms with Crippen LogP contribution in [0.1, 0.15) is 17.7 Å². The van der Waals surface area contributed by atoms with Gasteiger partial charge in [-0.15, -0.1) is 0 Å². The van der Waals surface area contributed by atoms with Gasteiger partial charge in [-0.05, 0) is 29.8 Å². The maximum atomic E-state index is 12.8. The zero-order valence-corrected chi connectivity index (χ0v) is 12.9. The van der Waals surface area contributed by atoms with Crippen molar-refractivity contribution in [3.8, 4) is 0 Å². The van der Waals surface area contributed by atoms with E-state index in [1.807, 2.05) is 18.2 Å². The average Bonchev–Trinajstić information content (AvgIpc) is 2.59. The van der Waals surface area contributed by atoms with E-state index in [0.29, 0.717) is 23.3 Å². The number of para-hydroxylation sites is 2. The summed E-state index contributed by atoms with van der Waals surface area (Å²) in [4.78, 5) is 30.9. The van der Waals surface area contributed by atoms with Crippen LogP contribution in [0.5, 0.6) is 0 Å². The molecule has 122 valence electrons. The summed E-state index contributed by atoms with van der Waals surface area (Å²) < 4.78 is 12.8. The van der Waals surface area contributed by atoms with Gasteiger partial charge in [0.25, 0.3) is 5.56 Å². The molecule has 3 rings (SSSR count). The molecule has 0 aliphatic carbocycles. The Hall–Kier alpha value is -3.02. The molecule has 0 aliphatic heterocycles. The number of rotatable bonds is 5. The molecule has 1 heterocycles. The van der Waals surface area contributed by atoms with E-state index in [-0.39, 0.29) is 30.1 Å². The molecule has 0 radical (unpaired) electrons. The number of hydrogen-bond donors (Lipinski definition) is 2. The van der Waals surface area contributed by atoms with Crippen LogP contribution in [-0.4, -0.2) is 15.9 Å². The van der Waals surface area contributed by atoms with E-state index < -0.39 is 0 Å². The minimum Gasteiger partial charge on any atom is -0.352 e. The molecular weight excluding hydrogens is 309 g/mol. The zero-order valence-electron chi connectivity index (χ0n) is 12.9. The maximum absolute atomic E-state index is 12.8. The minimum atomic E-state index is -0.313. The number of halogens is 1. The number of aromatic nitrogens is 2. The first-order valence-corrected chi connectivity index (χ1v) is 7.61. The first-order valence-electron chi connectivity index (χ1n) is 7.61. The van der Waals surface area contributed by atoms with Gasteiger partial charge in [-0.25, -0.2) is 9.37 Å². The highest BCUT2D eigenvalue weighted by Crippen LogP contribution is 2.07. The second-order valence-corrected chi connectivity index (χ2v) is 5.43. The quantitative estimate of drug-likeness (QED) is 0.756. The fraction of sp³-hybridized carbons (Fsp3) is 0.167. The van der Waals surface area contributed by atoms with Gasteiger partial charge in [-0.2, -0.15) is 0 Å². The van der Waals surface area contributed by atoms with Crippen molar-refractivity contribution in [2.24, 2.45) is 0 Å². The molecule has 0 atom stereocenters. The number of H-pyrrole nitrogens is 1. The van der Waals surface area contributed by atoms with Crippen molar-refractivity contribution < 1.29 is 9.18 Å². The van der Waals surface area contributed by atoms with E-state index in [4.69, 9.17) is 0 Å². The van der Waals surface area contributed by atoms with Crippen LogP contribution in [0.15, 0.2) is 53.3 Å². The highest BCUT2D eigenvalue weighted by atomic mass is 19.1. The van der Waals surface area contributed by atoms with Gasteiger partial charge in [0, 0.05) is 19.4 Å². The molecule has 24 heavy (non-hydrogen) atoms. The molecule has 1 aromatic heterocycles. The van der Waals surface area contributed by atoms with Crippen LogP contribution in [0, 0.1) is 5.82 Å². The van der Waals surface area contributed by atoms with Gasteiger partial charge in [-0.1, -0.05) is 24.3 Å². The molecule has 5 nitrogen and oxygen atoms in total. The van der Waals surface area contributed by atoms with Crippen LogP contribution < -0.4 is 10.9 Å². The Labute approximate surface area is 137 Å². The SMILES string of the molecule is O=C(CCc1nc2ccccc2[nH]c1=O)NCc1ccc(F)cc1. The third-order valence-corrected chi connectivity index (χ3v) is 3.66. The van der Waals surface area contributed by atoms with Gasteiger partial charge < -0.3 is 10.3 Å². The Balaban J connectivity index is 1.59. The molecule has 2 N–H and O–H groups in total. The molecule has 0 fully saturated rings. The van der Waals surface area contributed by atoms with Crippen molar-refractivity contribution in [2.75, 3.05) is 0 Å². The third kappa shape index (κ3) is 3.84. The molecule has 0 aliphatic rings. The summed E-state index contributed by atoms with van der Waals surface area (Å²) in [6.45, 7) is 0.320. The molecule has 3 aromatic rings. The minimum absolute atomic E-state index is 0.162. The Bertz CT molecular complexity index is 919. The lowest BCUT2D eigenvalue weighted by Crippen LogP contribution is -2.24. The number of carbonyl (C=O) groups is 1. The van der Waals surface area contributed by atoms with E-state index in [1.165, 1.54) is 12.1 Å². The van der Waals surface area contributed by atoms with Crippen LogP contribution >= 0.6 is 0 Å². The van der Waals surface area contributed by atoms with Crippen LogP contribution in [0.25, 0.3) is 11.0 Å². The number of benzene rings is 2. The second-order valence-electron chi connectivity index (χ2n) is 5.43. The Morgan fingerprint density at radius 2 is 1.88 bits per heavy atom. The molecule has 0 saturated heterocycles. The fourth-order valence-electron chi connectivity index (χ4n) is 2.36. The lowest BCUT2D eigenvalue weighted by Gasteiger charge is -2.06. The number of nitrogens with zero attached hydrogens (tertiary/aromatic N) is 1. The summed E-state index contributed by atoms with van der Waals surface area (Å²) in [5, 5.41) is 2.74. The largest absolute Gasteiger partial charge is 0.352 e. The second kappa shape index (κ2) is 7.04. The Kier molecular flexibility index (Phi) is 4.65. The number of aromatic amines is 1. The molecule has 0 unspecified atom stereocenters. The zero-order chi connectivity index (χ0) is 16.9. The topological polar surface area (TPSA) is 74.8 Å². The Morgan fingerprint density at radius 3 is 2.67 bits per heavy atom. The number of hydrogen-bond acceptors (Lipinski definition) is 3. The smallest absolute Gasteiger partial charge is 0.270 e. The van der Waals surface area contributed by atoms with Crippen LogP contribution in [0.3, 0.4) is 0 Å². The van der Waals surface area contributed by atoms with Crippen LogP contribution in [0.2, 0.25) is 0 Å². The maximum Gasteiger partial charge on any atom is 0.270 e. The van der Waals surface area contributed by atoms with Crippen LogP contribution in [-0.2, 0) is 17.8 Å². The molecule has 2 aromatic carbocycles. The molecule has 6 heteroatoms. The van der Waals surface area contributed by atoms with Crippen molar-refractivity contribution in [2.45, 2.75) is 19.4 Å². The van der Waals surface area contributed by atoms with E-state index in [0.717, 1.165) is 5.56 Å². The van der Waals surface area contributed by atoms with Crippen molar-refractivity contribution in [3.63, 3.8) is 0 Å². The summed E-state index contributed by atoms with van der Waals surface area (Å²) in [7, 11) is 0. The standard InChI is InChI=1S/C18H16FN3O2/c19-13-7-5-12(6-8-13)11-20-17(23)10-9-16-18(24)22-15-4-2-1-3-14(15)21-16/h1-8H,9-11H2,(H,20,23)(H,22,24). The summed E-state index contributed by atoms with van der Waals surface area (Å²) >= 11 is 0. The monoisotopic (exact) mass is 325 g/mol. The molecule has 1 amide bonds. The predicted molar refractivity (Wildman–Crippen MR) is 88.9 cm³/mol. The van der Waals surface area contributed by atoms with Crippen molar-refractivity contribution in [3.05, 3.63) is 76.0 Å². The highest BCUT2D eigenvalue weighted by Gasteiger charge is 2.08. The highest BCUT2D eigenvalue weighted by molar-refractivity contribution is 5.76. The lowest BCUT2D eigenvalue weighted by atomic mass is 10.2. The van der Waals surface area contributed by atoms with Gasteiger partial charge >= 0.3 is 0 Å². The van der Waals surface area contributed by atoms with Crippen LogP contribution in [0.4, 0.5) is 4.39 Å². The van der Waals surface area contributed by atoms with E-state index >= 15 is 0 Å². The Morgan fingerprint density at radius 1 is 1.12 bits per heavy atom. The van der Waals surface area contributed by atoms with Gasteiger partial charge in [0.15, 0.2) is 0 Å². The normalized spacial score (nSPS) is 10.7. The number of amides is 1. The summed E-state index contributed by atoms with van der Waals surface area (Å²) in [5.41, 5.74) is 2.24. The van der Waals surface area contributed by atoms with E-state index in [9.17, 15) is 14.0 Å². The van der Waals surface area contributed by atoms with Gasteiger partial charge in [0.05, 0.1) is 11.0 Å². The lowest BCUT2D eigenvalue weighted by molar-refractivity contribution is -0.121. The van der Waals surface area contributed by atoms with E-state index in [2.05, 4.69) is 15.3 Å². The molecule has 0 spiro atoms. The average molecular weight is 325 g/mol. The first-order chi connectivity index (χ1) is 11.6. The van der Waals surface area contributed by atoms with E-state index in [1.54, 1.807) is 18.2 Å². The number of fused-ring (bicyclic) bond motifs is 1. The fourth-order valence-corrected chi connectivity index (χ4v) is 2.36. The van der Waals surface area contributed by atoms with Crippen molar-refractivity contribution in [1.29, 1.82) is 0 Å². The number of carbonyl (C=O) groups excluding carboxylic acids is 1. The van der Waals surface area contributed by atoms with Crippen molar-refractivity contribution in [1.82, 2.24) is 15.3 Å². The summed E-state index contributed by atoms with van der Waals surface area (Å²) in [6, 6.07) is 13.2. The summed E-state index contributed by atoms with van der Waals surface area (Å²) in [6.07, 6.45) is 0.422. The molecular formula is C18H16FN3O2. The van der Waals surface area contributed by atoms with Gasteiger partial charge in [0.2, 0.25) is 5.91 Å². The molecule has 0 bridgehead atoms. The first kappa shape index (κ1) is 15.9. The van der Waals surface area contributed by atoms with Gasteiger partial charge in [0.1, 0.15) is 11.5 Å². The third-order valence-electron chi connectivity index (χ3n) is 3.66. The van der Waals surface area contributed by atoms with Gasteiger partial charge in [-0.3, -0.25) is 9.59 Å². The predicted octanol–water partition coefficient (Wildman–Crippen LogP) is 2.31. The summed E-state index contributed by atoms with van der Waals surface area (Å²) in [5.74, 6) is -0.500. The van der Waals surface area contributed by atoms with Crippen molar-refractivity contribution >= 4 is 16.9 Å². The number of aryl methyl sites for hydroxylation is 1.